The number of benzene rings is 2. The zero-order valence-electron chi connectivity index (χ0n) is 18.6. The van der Waals surface area contributed by atoms with E-state index in [-0.39, 0.29) is 10.7 Å². The van der Waals surface area contributed by atoms with Crippen molar-refractivity contribution in [1.29, 1.82) is 0 Å². The van der Waals surface area contributed by atoms with Crippen LogP contribution in [0, 0.1) is 13.8 Å². The Bertz CT molecular complexity index is 1300. The van der Waals surface area contributed by atoms with Crippen LogP contribution in [-0.4, -0.2) is 31.0 Å². The van der Waals surface area contributed by atoms with Crippen molar-refractivity contribution < 1.29 is 14.0 Å². The van der Waals surface area contributed by atoms with Crippen molar-refractivity contribution in [3.05, 3.63) is 81.5 Å². The van der Waals surface area contributed by atoms with E-state index in [2.05, 4.69) is 15.9 Å². The molecule has 2 amide bonds. The molecule has 1 aliphatic rings. The number of thiocarbonyl (C=S) groups is 1. The number of aryl methyl sites for hydroxylation is 2. The molecule has 0 N–H and O–H groups in total. The van der Waals surface area contributed by atoms with Crippen LogP contribution in [0.15, 0.2) is 69.1 Å². The molecule has 168 valence electrons. The molecule has 8 heteroatoms. The van der Waals surface area contributed by atoms with E-state index in [0.717, 1.165) is 15.6 Å². The number of carbonyl (C=O) groups is 2. The third-order valence-corrected chi connectivity index (χ3v) is 6.33. The predicted octanol–water partition coefficient (Wildman–Crippen LogP) is 5.47. The fraction of sp³-hybridized carbons (Fsp3) is 0.160. The van der Waals surface area contributed by atoms with Crippen molar-refractivity contribution in [2.75, 3.05) is 28.8 Å². The maximum absolute atomic E-state index is 13.6. The normalized spacial score (nSPS) is 15.5. The average Bonchev–Trinajstić information content (AvgIpc) is 3.15. The van der Waals surface area contributed by atoms with Crippen LogP contribution in [0.1, 0.15) is 16.9 Å². The zero-order valence-corrected chi connectivity index (χ0v) is 21.0. The molecular formula is C25H22BrN3O3S. The smallest absolute Gasteiger partial charge is 0.270 e. The summed E-state index contributed by atoms with van der Waals surface area (Å²) in [6.45, 7) is 3.97. The molecular weight excluding hydrogens is 502 g/mol. The highest BCUT2D eigenvalue weighted by atomic mass is 79.9. The minimum Gasteiger partial charge on any atom is -0.440 e. The lowest BCUT2D eigenvalue weighted by Crippen LogP contribution is -2.57. The number of anilines is 3. The van der Waals surface area contributed by atoms with Crippen LogP contribution < -0.4 is 14.7 Å². The standard InChI is InChI=1S/C25H22BrN3O3S/c1-15-10-11-18(12-16(15)2)29-23(31)20(13-19-14-21(26)24(32-19)27(3)4)22(30)28(25(29)33)17-8-6-5-7-9-17/h5-14H,1-4H3/b20-13-. The molecule has 1 fully saturated rings. The van der Waals surface area contributed by atoms with Crippen LogP contribution in [-0.2, 0) is 9.59 Å². The van der Waals surface area contributed by atoms with Gasteiger partial charge in [0.25, 0.3) is 11.8 Å². The average molecular weight is 524 g/mol. The van der Waals surface area contributed by atoms with Gasteiger partial charge in [-0.25, -0.2) is 0 Å². The summed E-state index contributed by atoms with van der Waals surface area (Å²) in [6.07, 6.45) is 1.47. The Morgan fingerprint density at radius 3 is 2.12 bits per heavy atom. The lowest BCUT2D eigenvalue weighted by Gasteiger charge is -2.36. The molecule has 0 bridgehead atoms. The van der Waals surface area contributed by atoms with Crippen molar-refractivity contribution in [2.24, 2.45) is 0 Å². The summed E-state index contributed by atoms with van der Waals surface area (Å²) in [6, 6.07) is 16.4. The summed E-state index contributed by atoms with van der Waals surface area (Å²) >= 11 is 9.12. The molecule has 0 radical (unpaired) electrons. The van der Waals surface area contributed by atoms with Gasteiger partial charge in [0.1, 0.15) is 11.3 Å². The number of hydrogen-bond acceptors (Lipinski definition) is 5. The molecule has 0 saturated carbocycles. The van der Waals surface area contributed by atoms with Crippen molar-refractivity contribution in [3.63, 3.8) is 0 Å². The predicted molar refractivity (Wildman–Crippen MR) is 139 cm³/mol. The van der Waals surface area contributed by atoms with Crippen molar-refractivity contribution in [3.8, 4) is 0 Å². The number of para-hydroxylation sites is 1. The summed E-state index contributed by atoms with van der Waals surface area (Å²) in [5.41, 5.74) is 3.24. The second kappa shape index (κ2) is 8.96. The summed E-state index contributed by atoms with van der Waals surface area (Å²) < 4.78 is 6.57. The second-order valence-electron chi connectivity index (χ2n) is 7.92. The highest BCUT2D eigenvalue weighted by Crippen LogP contribution is 2.33. The van der Waals surface area contributed by atoms with E-state index < -0.39 is 11.8 Å². The van der Waals surface area contributed by atoms with Crippen LogP contribution in [0.5, 0.6) is 0 Å². The van der Waals surface area contributed by atoms with E-state index in [0.29, 0.717) is 23.0 Å². The van der Waals surface area contributed by atoms with E-state index in [1.54, 1.807) is 23.1 Å². The van der Waals surface area contributed by atoms with Crippen LogP contribution in [0.3, 0.4) is 0 Å². The van der Waals surface area contributed by atoms with Gasteiger partial charge in [0.15, 0.2) is 5.11 Å². The number of amides is 2. The Kier molecular flexibility index (Phi) is 6.23. The Morgan fingerprint density at radius 2 is 1.55 bits per heavy atom. The monoisotopic (exact) mass is 523 g/mol. The largest absolute Gasteiger partial charge is 0.440 e. The van der Waals surface area contributed by atoms with Crippen molar-refractivity contribution in [2.45, 2.75) is 13.8 Å². The van der Waals surface area contributed by atoms with E-state index in [9.17, 15) is 9.59 Å². The first-order valence-corrected chi connectivity index (χ1v) is 11.4. The fourth-order valence-corrected chi connectivity index (χ4v) is 4.56. The molecule has 0 aliphatic carbocycles. The number of hydrogen-bond donors (Lipinski definition) is 0. The van der Waals surface area contributed by atoms with Crippen LogP contribution >= 0.6 is 28.1 Å². The van der Waals surface area contributed by atoms with Gasteiger partial charge < -0.3 is 9.32 Å². The Hall–Kier alpha value is -3.23. The number of rotatable bonds is 4. The molecule has 2 heterocycles. The van der Waals surface area contributed by atoms with E-state index >= 15 is 0 Å². The van der Waals surface area contributed by atoms with Crippen LogP contribution in [0.4, 0.5) is 17.3 Å². The van der Waals surface area contributed by atoms with Gasteiger partial charge in [-0.05, 0) is 83.5 Å². The molecule has 1 saturated heterocycles. The number of nitrogens with zero attached hydrogens (tertiary/aromatic N) is 3. The van der Waals surface area contributed by atoms with E-state index in [1.165, 1.54) is 15.9 Å². The first kappa shape index (κ1) is 22.9. The molecule has 0 atom stereocenters. The van der Waals surface area contributed by atoms with Gasteiger partial charge in [-0.15, -0.1) is 0 Å². The van der Waals surface area contributed by atoms with Gasteiger partial charge >= 0.3 is 0 Å². The van der Waals surface area contributed by atoms with Gasteiger partial charge in [-0.1, -0.05) is 24.3 Å². The lowest BCUT2D eigenvalue weighted by molar-refractivity contribution is -0.120. The third-order valence-electron chi connectivity index (χ3n) is 5.39. The lowest BCUT2D eigenvalue weighted by atomic mass is 10.1. The van der Waals surface area contributed by atoms with Gasteiger partial charge in [-0.2, -0.15) is 0 Å². The maximum Gasteiger partial charge on any atom is 0.270 e. The van der Waals surface area contributed by atoms with Gasteiger partial charge in [0.2, 0.25) is 5.88 Å². The molecule has 0 spiro atoms. The molecule has 4 rings (SSSR count). The molecule has 33 heavy (non-hydrogen) atoms. The minimum atomic E-state index is -0.504. The van der Waals surface area contributed by atoms with E-state index in [4.69, 9.17) is 16.6 Å². The topological polar surface area (TPSA) is 57.0 Å². The fourth-order valence-electron chi connectivity index (χ4n) is 3.52. The summed E-state index contributed by atoms with van der Waals surface area (Å²) in [7, 11) is 3.68. The van der Waals surface area contributed by atoms with Crippen molar-refractivity contribution in [1.82, 2.24) is 0 Å². The van der Waals surface area contributed by atoms with Gasteiger partial charge in [-0.3, -0.25) is 19.4 Å². The highest BCUT2D eigenvalue weighted by molar-refractivity contribution is 9.10. The molecule has 2 aromatic carbocycles. The second-order valence-corrected chi connectivity index (χ2v) is 9.14. The number of carbonyl (C=O) groups excluding carboxylic acids is 2. The summed E-state index contributed by atoms with van der Waals surface area (Å²) in [5.74, 6) is -0.0447. The first-order valence-electron chi connectivity index (χ1n) is 10.2. The zero-order chi connectivity index (χ0) is 23.9. The minimum absolute atomic E-state index is 0.0442. The Balaban J connectivity index is 1.87. The van der Waals surface area contributed by atoms with Crippen LogP contribution in [0.2, 0.25) is 0 Å². The third kappa shape index (κ3) is 4.24. The molecule has 1 aromatic heterocycles. The Labute approximate surface area is 206 Å². The maximum atomic E-state index is 13.6. The molecule has 1 aliphatic heterocycles. The number of furan rings is 1. The quantitative estimate of drug-likeness (QED) is 0.257. The summed E-state index contributed by atoms with van der Waals surface area (Å²) in [5, 5.41) is 0.103. The number of halogens is 1. The SMILES string of the molecule is Cc1ccc(N2C(=O)/C(=C\c3cc(Br)c(N(C)C)o3)C(=O)N(c3ccccc3)C2=S)cc1C. The van der Waals surface area contributed by atoms with Gasteiger partial charge in [0.05, 0.1) is 15.8 Å². The highest BCUT2D eigenvalue weighted by Gasteiger charge is 2.41. The molecule has 3 aromatic rings. The first-order chi connectivity index (χ1) is 15.7. The van der Waals surface area contributed by atoms with E-state index in [1.807, 2.05) is 64.3 Å². The Morgan fingerprint density at radius 1 is 0.909 bits per heavy atom. The van der Waals surface area contributed by atoms with Gasteiger partial charge in [0, 0.05) is 20.2 Å². The summed E-state index contributed by atoms with van der Waals surface area (Å²) in [4.78, 5) is 31.7. The molecule has 0 unspecified atom stereocenters. The van der Waals surface area contributed by atoms with Crippen molar-refractivity contribution >= 4 is 68.4 Å². The molecule has 6 nitrogen and oxygen atoms in total. The van der Waals surface area contributed by atoms with Crippen LogP contribution in [0.25, 0.3) is 6.08 Å².